The van der Waals surface area contributed by atoms with Crippen molar-refractivity contribution >= 4 is 11.9 Å². The van der Waals surface area contributed by atoms with E-state index in [0.717, 1.165) is 0 Å². The van der Waals surface area contributed by atoms with Crippen LogP contribution in [0.4, 0.5) is 4.79 Å². The summed E-state index contributed by atoms with van der Waals surface area (Å²) in [5.41, 5.74) is 0. The first-order chi connectivity index (χ1) is 9.65. The molecule has 0 aliphatic carbocycles. The van der Waals surface area contributed by atoms with Crippen molar-refractivity contribution < 1.29 is 14.0 Å². The van der Waals surface area contributed by atoms with E-state index in [2.05, 4.69) is 10.6 Å². The van der Waals surface area contributed by atoms with Crippen molar-refractivity contribution in [1.29, 1.82) is 5.26 Å². The van der Waals surface area contributed by atoms with Gasteiger partial charge in [-0.1, -0.05) is 0 Å². The number of carbonyl (C=O) groups excluding carboxylic acids is 2. The standard InChI is InChI=1S/C13H18N4O3/c1-2-15-13(19)16-12(18)10-17(7-4-6-14)9-11-5-3-8-20-11/h3,5,8H,2,4,7,9-10H2,1H3,(H2,15,16,18,19). The molecule has 0 aromatic carbocycles. The van der Waals surface area contributed by atoms with Gasteiger partial charge in [-0.3, -0.25) is 15.0 Å². The molecule has 0 spiro atoms. The maximum atomic E-state index is 11.7. The summed E-state index contributed by atoms with van der Waals surface area (Å²) in [5, 5.41) is 13.3. The van der Waals surface area contributed by atoms with Crippen LogP contribution in [0.1, 0.15) is 19.1 Å². The largest absolute Gasteiger partial charge is 0.468 e. The summed E-state index contributed by atoms with van der Waals surface area (Å²) < 4.78 is 5.21. The summed E-state index contributed by atoms with van der Waals surface area (Å²) in [4.78, 5) is 24.7. The Kier molecular flexibility index (Phi) is 6.85. The third-order valence-corrected chi connectivity index (χ3v) is 2.46. The van der Waals surface area contributed by atoms with Crippen molar-refractivity contribution in [1.82, 2.24) is 15.5 Å². The Hall–Kier alpha value is -2.33. The quantitative estimate of drug-likeness (QED) is 0.770. The Morgan fingerprint density at radius 1 is 1.50 bits per heavy atom. The molecular weight excluding hydrogens is 260 g/mol. The lowest BCUT2D eigenvalue weighted by Crippen LogP contribution is -2.44. The van der Waals surface area contributed by atoms with Crippen molar-refractivity contribution in [2.75, 3.05) is 19.6 Å². The van der Waals surface area contributed by atoms with E-state index in [9.17, 15) is 9.59 Å². The molecule has 108 valence electrons. The van der Waals surface area contributed by atoms with E-state index >= 15 is 0 Å². The van der Waals surface area contributed by atoms with Crippen molar-refractivity contribution in [3.05, 3.63) is 24.2 Å². The van der Waals surface area contributed by atoms with Gasteiger partial charge in [-0.25, -0.2) is 4.79 Å². The summed E-state index contributed by atoms with van der Waals surface area (Å²) in [6.45, 7) is 3.08. The fraction of sp³-hybridized carbons (Fsp3) is 0.462. The van der Waals surface area contributed by atoms with E-state index in [4.69, 9.17) is 9.68 Å². The Morgan fingerprint density at radius 2 is 2.30 bits per heavy atom. The maximum Gasteiger partial charge on any atom is 0.321 e. The van der Waals surface area contributed by atoms with Gasteiger partial charge in [0, 0.05) is 19.5 Å². The molecule has 1 heterocycles. The molecule has 0 saturated heterocycles. The molecule has 1 aromatic rings. The summed E-state index contributed by atoms with van der Waals surface area (Å²) in [7, 11) is 0. The van der Waals surface area contributed by atoms with Gasteiger partial charge in [0.2, 0.25) is 5.91 Å². The second kappa shape index (κ2) is 8.72. The zero-order chi connectivity index (χ0) is 14.8. The predicted octanol–water partition coefficient (Wildman–Crippen LogP) is 0.841. The normalized spacial score (nSPS) is 10.1. The molecule has 0 aliphatic heterocycles. The van der Waals surface area contributed by atoms with Crippen LogP contribution in [0.2, 0.25) is 0 Å². The zero-order valence-corrected chi connectivity index (χ0v) is 11.4. The van der Waals surface area contributed by atoms with Crippen LogP contribution in [-0.2, 0) is 11.3 Å². The molecule has 0 radical (unpaired) electrons. The van der Waals surface area contributed by atoms with Gasteiger partial charge in [0.25, 0.3) is 0 Å². The van der Waals surface area contributed by atoms with Gasteiger partial charge in [0.05, 0.1) is 25.4 Å². The number of rotatable bonds is 7. The van der Waals surface area contributed by atoms with Crippen LogP contribution < -0.4 is 10.6 Å². The topological polar surface area (TPSA) is 98.4 Å². The van der Waals surface area contributed by atoms with Crippen molar-refractivity contribution in [3.8, 4) is 6.07 Å². The highest BCUT2D eigenvalue weighted by Gasteiger charge is 2.14. The van der Waals surface area contributed by atoms with Gasteiger partial charge in [0.15, 0.2) is 0 Å². The third-order valence-electron chi connectivity index (χ3n) is 2.46. The van der Waals surface area contributed by atoms with E-state index in [0.29, 0.717) is 31.8 Å². The molecule has 0 aliphatic rings. The molecule has 0 atom stereocenters. The first-order valence-electron chi connectivity index (χ1n) is 6.35. The van der Waals surface area contributed by atoms with Crippen molar-refractivity contribution in [2.45, 2.75) is 19.9 Å². The Balaban J connectivity index is 2.49. The molecular formula is C13H18N4O3. The molecule has 1 aromatic heterocycles. The summed E-state index contributed by atoms with van der Waals surface area (Å²) >= 11 is 0. The van der Waals surface area contributed by atoms with E-state index in [1.807, 2.05) is 6.07 Å². The molecule has 3 amide bonds. The fourth-order valence-electron chi connectivity index (χ4n) is 1.62. The first kappa shape index (κ1) is 15.7. The second-order valence-electron chi connectivity index (χ2n) is 4.11. The third kappa shape index (κ3) is 6.02. The van der Waals surface area contributed by atoms with Crippen LogP contribution >= 0.6 is 0 Å². The Labute approximate surface area is 117 Å². The number of hydrogen-bond acceptors (Lipinski definition) is 5. The van der Waals surface area contributed by atoms with E-state index in [1.165, 1.54) is 0 Å². The Bertz CT molecular complexity index is 464. The van der Waals surface area contributed by atoms with E-state index in [-0.39, 0.29) is 6.54 Å². The summed E-state index contributed by atoms with van der Waals surface area (Å²) in [6.07, 6.45) is 1.85. The van der Waals surface area contributed by atoms with Crippen LogP contribution in [0.5, 0.6) is 0 Å². The average molecular weight is 278 g/mol. The van der Waals surface area contributed by atoms with Crippen LogP contribution in [0.3, 0.4) is 0 Å². The average Bonchev–Trinajstić information content (AvgIpc) is 2.88. The molecule has 0 fully saturated rings. The highest BCUT2D eigenvalue weighted by molar-refractivity contribution is 5.95. The minimum Gasteiger partial charge on any atom is -0.468 e. The number of nitriles is 1. The lowest BCUT2D eigenvalue weighted by Gasteiger charge is -2.19. The molecule has 1 rings (SSSR count). The van der Waals surface area contributed by atoms with Crippen LogP contribution in [0.25, 0.3) is 0 Å². The SMILES string of the molecule is CCNC(=O)NC(=O)CN(CCC#N)Cc1ccco1. The monoisotopic (exact) mass is 278 g/mol. The number of nitrogens with zero attached hydrogens (tertiary/aromatic N) is 2. The number of carbonyl (C=O) groups is 2. The lowest BCUT2D eigenvalue weighted by atomic mass is 10.3. The molecule has 2 N–H and O–H groups in total. The number of furan rings is 1. The van der Waals surface area contributed by atoms with E-state index in [1.54, 1.807) is 30.2 Å². The van der Waals surface area contributed by atoms with Gasteiger partial charge in [0.1, 0.15) is 5.76 Å². The fourth-order valence-corrected chi connectivity index (χ4v) is 1.62. The number of amides is 3. The first-order valence-corrected chi connectivity index (χ1v) is 6.35. The molecule has 0 bridgehead atoms. The number of urea groups is 1. The van der Waals surface area contributed by atoms with Crippen molar-refractivity contribution in [3.63, 3.8) is 0 Å². The highest BCUT2D eigenvalue weighted by atomic mass is 16.3. The number of hydrogen-bond donors (Lipinski definition) is 2. The highest BCUT2D eigenvalue weighted by Crippen LogP contribution is 2.05. The van der Waals surface area contributed by atoms with Gasteiger partial charge in [-0.2, -0.15) is 5.26 Å². The van der Waals surface area contributed by atoms with Gasteiger partial charge >= 0.3 is 6.03 Å². The van der Waals surface area contributed by atoms with Gasteiger partial charge in [-0.05, 0) is 19.1 Å². The lowest BCUT2D eigenvalue weighted by molar-refractivity contribution is -0.121. The molecule has 0 unspecified atom stereocenters. The minimum absolute atomic E-state index is 0.0273. The molecule has 7 heteroatoms. The molecule has 7 nitrogen and oxygen atoms in total. The zero-order valence-electron chi connectivity index (χ0n) is 11.4. The van der Waals surface area contributed by atoms with Crippen LogP contribution in [-0.4, -0.2) is 36.5 Å². The van der Waals surface area contributed by atoms with Crippen LogP contribution in [0, 0.1) is 11.3 Å². The summed E-state index contributed by atoms with van der Waals surface area (Å²) in [6, 6.07) is 5.06. The number of nitrogens with one attached hydrogen (secondary N) is 2. The predicted molar refractivity (Wildman–Crippen MR) is 71.4 cm³/mol. The summed E-state index contributed by atoms with van der Waals surface area (Å²) in [5.74, 6) is 0.286. The second-order valence-corrected chi connectivity index (χ2v) is 4.11. The Morgan fingerprint density at radius 3 is 2.90 bits per heavy atom. The molecule has 20 heavy (non-hydrogen) atoms. The van der Waals surface area contributed by atoms with E-state index < -0.39 is 11.9 Å². The minimum atomic E-state index is -0.518. The van der Waals surface area contributed by atoms with Gasteiger partial charge < -0.3 is 9.73 Å². The maximum absolute atomic E-state index is 11.7. The van der Waals surface area contributed by atoms with Gasteiger partial charge in [-0.15, -0.1) is 0 Å². The molecule has 0 saturated carbocycles. The van der Waals surface area contributed by atoms with Crippen LogP contribution in [0.15, 0.2) is 22.8 Å². The van der Waals surface area contributed by atoms with Crippen molar-refractivity contribution in [2.24, 2.45) is 0 Å². The number of imide groups is 1. The smallest absolute Gasteiger partial charge is 0.321 e.